The lowest BCUT2D eigenvalue weighted by atomic mass is 9.97. The smallest absolute Gasteiger partial charge is 0.243 e. The summed E-state index contributed by atoms with van der Waals surface area (Å²) in [7, 11) is -0.202. The average molecular weight is 475 g/mol. The number of hydrogen-bond acceptors (Lipinski definition) is 5. The van der Waals surface area contributed by atoms with E-state index in [-0.39, 0.29) is 11.8 Å². The molecule has 1 aliphatic rings. The molecule has 2 aromatic carbocycles. The van der Waals surface area contributed by atoms with Gasteiger partial charge in [0.2, 0.25) is 15.9 Å². The van der Waals surface area contributed by atoms with Gasteiger partial charge in [-0.05, 0) is 69.0 Å². The first-order valence-corrected chi connectivity index (χ1v) is 12.7. The van der Waals surface area contributed by atoms with Crippen LogP contribution in [0.25, 0.3) is 0 Å². The molecular weight excluding hydrogens is 440 g/mol. The second-order valence-electron chi connectivity index (χ2n) is 8.69. The Morgan fingerprint density at radius 2 is 1.58 bits per heavy atom. The van der Waals surface area contributed by atoms with Crippen molar-refractivity contribution in [2.45, 2.75) is 38.5 Å². The molecule has 1 saturated heterocycles. The van der Waals surface area contributed by atoms with Crippen molar-refractivity contribution < 1.29 is 22.7 Å². The molecule has 2 aromatic rings. The van der Waals surface area contributed by atoms with Crippen LogP contribution in [0.5, 0.6) is 11.5 Å². The molecule has 0 N–H and O–H groups in total. The number of amides is 1. The summed E-state index contributed by atoms with van der Waals surface area (Å²) < 4.78 is 38.9. The fraction of sp³-hybridized carbons (Fsp3) is 0.480. The van der Waals surface area contributed by atoms with E-state index in [0.717, 1.165) is 28.2 Å². The number of nitrogens with zero attached hydrogens (tertiary/aromatic N) is 2. The number of piperidine rings is 1. The minimum absolute atomic E-state index is 0.0353. The molecule has 1 amide bonds. The standard InChI is InChI=1S/C25H34N2O5S/c1-18-16-19(2)24(20(3)17-18)33(29,30)27-12-10-21(11-13-27)25(28)26(4)14-15-32-23-8-6-22(31-5)7-9-23/h6-9,16-17,21H,10-15H2,1-5H3. The second-order valence-corrected chi connectivity index (χ2v) is 10.6. The molecule has 0 radical (unpaired) electrons. The lowest BCUT2D eigenvalue weighted by molar-refractivity contribution is -0.135. The van der Waals surface area contributed by atoms with E-state index >= 15 is 0 Å². The van der Waals surface area contributed by atoms with Crippen LogP contribution in [-0.2, 0) is 14.8 Å². The molecule has 0 bridgehead atoms. The van der Waals surface area contributed by atoms with Crippen LogP contribution in [0.15, 0.2) is 41.3 Å². The third-order valence-corrected chi connectivity index (χ3v) is 8.34. The summed E-state index contributed by atoms with van der Waals surface area (Å²) in [4.78, 5) is 14.9. The molecule has 0 aromatic heterocycles. The molecule has 8 heteroatoms. The Balaban J connectivity index is 1.52. The molecular formula is C25H34N2O5S. The Bertz CT molecular complexity index is 1050. The maximum Gasteiger partial charge on any atom is 0.243 e. The Kier molecular flexibility index (Phi) is 8.02. The Labute approximate surface area is 197 Å². The molecule has 1 heterocycles. The van der Waals surface area contributed by atoms with Gasteiger partial charge in [0.05, 0.1) is 18.6 Å². The average Bonchev–Trinajstić information content (AvgIpc) is 2.78. The molecule has 0 unspecified atom stereocenters. The van der Waals surface area contributed by atoms with Crippen molar-refractivity contribution in [1.29, 1.82) is 0 Å². The van der Waals surface area contributed by atoms with Crippen molar-refractivity contribution in [2.75, 3.05) is 40.4 Å². The maximum atomic E-state index is 13.3. The Hall–Kier alpha value is -2.58. The lowest BCUT2D eigenvalue weighted by Gasteiger charge is -2.33. The van der Waals surface area contributed by atoms with Gasteiger partial charge in [0.15, 0.2) is 0 Å². The number of carbonyl (C=O) groups excluding carboxylic acids is 1. The summed E-state index contributed by atoms with van der Waals surface area (Å²) in [5.41, 5.74) is 2.58. The zero-order chi connectivity index (χ0) is 24.2. The third kappa shape index (κ3) is 5.86. The molecule has 0 spiro atoms. The molecule has 1 aliphatic heterocycles. The number of hydrogen-bond donors (Lipinski definition) is 0. The van der Waals surface area contributed by atoms with Crippen molar-refractivity contribution >= 4 is 15.9 Å². The zero-order valence-electron chi connectivity index (χ0n) is 20.1. The van der Waals surface area contributed by atoms with Gasteiger partial charge in [-0.2, -0.15) is 4.31 Å². The van der Waals surface area contributed by atoms with Crippen LogP contribution in [-0.4, -0.2) is 63.9 Å². The fourth-order valence-electron chi connectivity index (χ4n) is 4.44. The molecule has 3 rings (SSSR count). The molecule has 0 aliphatic carbocycles. The van der Waals surface area contributed by atoms with Gasteiger partial charge >= 0.3 is 0 Å². The van der Waals surface area contributed by atoms with Crippen LogP contribution in [0, 0.1) is 26.7 Å². The number of benzene rings is 2. The normalized spacial score (nSPS) is 15.3. The number of ether oxygens (including phenoxy) is 2. The summed E-state index contributed by atoms with van der Waals surface area (Å²) in [6.45, 7) is 7.19. The van der Waals surface area contributed by atoms with E-state index in [1.807, 2.05) is 57.2 Å². The van der Waals surface area contributed by atoms with E-state index in [1.54, 1.807) is 19.1 Å². The second kappa shape index (κ2) is 10.6. The summed E-state index contributed by atoms with van der Waals surface area (Å²) in [6, 6.07) is 11.1. The molecule has 7 nitrogen and oxygen atoms in total. The van der Waals surface area contributed by atoms with Crippen LogP contribution >= 0.6 is 0 Å². The zero-order valence-corrected chi connectivity index (χ0v) is 20.9. The van der Waals surface area contributed by atoms with Crippen LogP contribution in [0.1, 0.15) is 29.5 Å². The fourth-order valence-corrected chi connectivity index (χ4v) is 6.32. The minimum Gasteiger partial charge on any atom is -0.497 e. The minimum atomic E-state index is -3.58. The molecule has 1 fully saturated rings. The number of methoxy groups -OCH3 is 1. The van der Waals surface area contributed by atoms with Gasteiger partial charge in [-0.1, -0.05) is 17.7 Å². The van der Waals surface area contributed by atoms with Gasteiger partial charge in [-0.3, -0.25) is 4.79 Å². The maximum absolute atomic E-state index is 13.3. The third-order valence-electron chi connectivity index (χ3n) is 6.14. The quantitative estimate of drug-likeness (QED) is 0.585. The predicted octanol–water partition coefficient (Wildman–Crippen LogP) is 3.56. The molecule has 180 valence electrons. The van der Waals surface area contributed by atoms with Gasteiger partial charge in [0.25, 0.3) is 0 Å². The molecule has 0 atom stereocenters. The van der Waals surface area contributed by atoms with Crippen molar-refractivity contribution in [3.63, 3.8) is 0 Å². The van der Waals surface area contributed by atoms with E-state index < -0.39 is 10.0 Å². The van der Waals surface area contributed by atoms with Crippen molar-refractivity contribution in [2.24, 2.45) is 5.92 Å². The summed E-state index contributed by atoms with van der Waals surface area (Å²) >= 11 is 0. The highest BCUT2D eigenvalue weighted by atomic mass is 32.2. The van der Waals surface area contributed by atoms with Gasteiger partial charge in [-0.25, -0.2) is 8.42 Å². The van der Waals surface area contributed by atoms with E-state index in [1.165, 1.54) is 4.31 Å². The number of rotatable bonds is 8. The summed E-state index contributed by atoms with van der Waals surface area (Å²) in [6.07, 6.45) is 1.04. The first-order chi connectivity index (χ1) is 15.6. The highest BCUT2D eigenvalue weighted by Gasteiger charge is 2.34. The Morgan fingerprint density at radius 3 is 2.12 bits per heavy atom. The summed E-state index contributed by atoms with van der Waals surface area (Å²) in [5, 5.41) is 0. The van der Waals surface area contributed by atoms with Crippen LogP contribution in [0.3, 0.4) is 0 Å². The van der Waals surface area contributed by atoms with E-state index in [9.17, 15) is 13.2 Å². The van der Waals surface area contributed by atoms with Crippen LogP contribution in [0.2, 0.25) is 0 Å². The number of sulfonamides is 1. The molecule has 33 heavy (non-hydrogen) atoms. The van der Waals surface area contributed by atoms with Crippen molar-refractivity contribution in [1.82, 2.24) is 9.21 Å². The van der Waals surface area contributed by atoms with Gasteiger partial charge < -0.3 is 14.4 Å². The van der Waals surface area contributed by atoms with Gasteiger partial charge in [0.1, 0.15) is 18.1 Å². The SMILES string of the molecule is COc1ccc(OCCN(C)C(=O)C2CCN(S(=O)(=O)c3c(C)cc(C)cc3C)CC2)cc1. The predicted molar refractivity (Wildman–Crippen MR) is 128 cm³/mol. The molecule has 0 saturated carbocycles. The van der Waals surface area contributed by atoms with E-state index in [2.05, 4.69) is 0 Å². The summed E-state index contributed by atoms with van der Waals surface area (Å²) in [5.74, 6) is 1.34. The van der Waals surface area contributed by atoms with E-state index in [4.69, 9.17) is 9.47 Å². The Morgan fingerprint density at radius 1 is 1.03 bits per heavy atom. The largest absolute Gasteiger partial charge is 0.497 e. The number of aryl methyl sites for hydroxylation is 3. The topological polar surface area (TPSA) is 76.2 Å². The van der Waals surface area contributed by atoms with Gasteiger partial charge in [-0.15, -0.1) is 0 Å². The first-order valence-electron chi connectivity index (χ1n) is 11.2. The number of carbonyl (C=O) groups is 1. The lowest BCUT2D eigenvalue weighted by Crippen LogP contribution is -2.44. The monoisotopic (exact) mass is 474 g/mol. The van der Waals surface area contributed by atoms with Crippen molar-refractivity contribution in [3.05, 3.63) is 53.1 Å². The van der Waals surface area contributed by atoms with Crippen LogP contribution in [0.4, 0.5) is 0 Å². The van der Waals surface area contributed by atoms with Crippen LogP contribution < -0.4 is 9.47 Å². The first kappa shape index (κ1) is 25.1. The highest BCUT2D eigenvalue weighted by molar-refractivity contribution is 7.89. The van der Waals surface area contributed by atoms with E-state index in [0.29, 0.717) is 44.0 Å². The van der Waals surface area contributed by atoms with Gasteiger partial charge in [0, 0.05) is 26.1 Å². The van der Waals surface area contributed by atoms with Crippen molar-refractivity contribution in [3.8, 4) is 11.5 Å². The highest BCUT2D eigenvalue weighted by Crippen LogP contribution is 2.29. The number of likely N-dealkylation sites (N-methyl/N-ethyl adjacent to an activating group) is 1.